The molecule has 1 heterocycles. The number of carbonyl (C=O) groups is 1. The molecule has 2 aromatic rings. The molecule has 4 N–H and O–H groups in total. The summed E-state index contributed by atoms with van der Waals surface area (Å²) in [5.41, 5.74) is 8.32. The fourth-order valence-corrected chi connectivity index (χ4v) is 2.40. The molecule has 0 saturated heterocycles. The lowest BCUT2D eigenvalue weighted by Crippen LogP contribution is -2.10. The number of nitrogens with two attached hydrogens (primary N) is 1. The van der Waals surface area contributed by atoms with E-state index in [0.717, 1.165) is 22.3 Å². The van der Waals surface area contributed by atoms with Crippen molar-refractivity contribution in [2.75, 3.05) is 7.11 Å². The third-order valence-electron chi connectivity index (χ3n) is 3.25. The first kappa shape index (κ1) is 21.9. The van der Waals surface area contributed by atoms with Crippen molar-refractivity contribution in [2.24, 2.45) is 5.73 Å². The van der Waals surface area contributed by atoms with E-state index in [-0.39, 0.29) is 12.2 Å². The average molecular weight is 381 g/mol. The average Bonchev–Trinajstić information content (AvgIpc) is 2.55. The molecule has 0 radical (unpaired) electrons. The molecule has 0 amide bonds. The number of ether oxygens (including phenoxy) is 1. The zero-order valence-electron chi connectivity index (χ0n) is 15.6. The number of hydrogen-bond acceptors (Lipinski definition) is 5. The van der Waals surface area contributed by atoms with E-state index in [1.165, 1.54) is 12.3 Å². The van der Waals surface area contributed by atoms with E-state index < -0.39 is 11.6 Å². The maximum atomic E-state index is 10.9. The molecule has 0 aliphatic carbocycles. The van der Waals surface area contributed by atoms with Crippen molar-refractivity contribution in [1.82, 2.24) is 4.98 Å². The fourth-order valence-electron chi connectivity index (χ4n) is 2.18. The van der Waals surface area contributed by atoms with Crippen LogP contribution in [-0.4, -0.2) is 33.9 Å². The maximum Gasteiger partial charge on any atom is 0.354 e. The number of rotatable bonds is 4. The van der Waals surface area contributed by atoms with Crippen molar-refractivity contribution < 1.29 is 19.7 Å². The second-order valence-electron chi connectivity index (χ2n) is 6.66. The standard InChI is InChI=1S/C15H15ClN2O3.C4H10O/c1-8-11(16)5-10(6-17)14(21-2)13(8)9-3-4-12(15(19)20)18-7-9;1-4(2,3)5/h3-5,7H,6,17H2,1-2H3,(H,19,20);5H,1-3H3. The van der Waals surface area contributed by atoms with Crippen LogP contribution in [0.2, 0.25) is 5.02 Å². The van der Waals surface area contributed by atoms with Gasteiger partial charge in [-0.3, -0.25) is 0 Å². The van der Waals surface area contributed by atoms with Crippen LogP contribution in [0.15, 0.2) is 24.4 Å². The molecule has 142 valence electrons. The van der Waals surface area contributed by atoms with Crippen LogP contribution in [0.3, 0.4) is 0 Å². The van der Waals surface area contributed by atoms with Crippen molar-refractivity contribution in [3.8, 4) is 16.9 Å². The minimum absolute atomic E-state index is 0.0172. The summed E-state index contributed by atoms with van der Waals surface area (Å²) >= 11 is 6.23. The van der Waals surface area contributed by atoms with Crippen molar-refractivity contribution in [3.05, 3.63) is 46.2 Å². The number of benzene rings is 1. The van der Waals surface area contributed by atoms with Gasteiger partial charge in [-0.05, 0) is 45.4 Å². The Kier molecular flexibility index (Phi) is 7.56. The Morgan fingerprint density at radius 3 is 2.31 bits per heavy atom. The summed E-state index contributed by atoms with van der Waals surface area (Å²) < 4.78 is 5.45. The molecule has 0 fully saturated rings. The molecule has 0 atom stereocenters. The number of carboxylic acids is 1. The molecule has 0 saturated carbocycles. The minimum atomic E-state index is -1.07. The monoisotopic (exact) mass is 380 g/mol. The van der Waals surface area contributed by atoms with E-state index in [2.05, 4.69) is 4.98 Å². The Bertz CT molecular complexity index is 763. The highest BCUT2D eigenvalue weighted by atomic mass is 35.5. The zero-order chi connectivity index (χ0) is 20.1. The van der Waals surface area contributed by atoms with E-state index in [0.29, 0.717) is 10.8 Å². The third kappa shape index (κ3) is 5.98. The summed E-state index contributed by atoms with van der Waals surface area (Å²) in [6.45, 7) is 7.38. The quantitative estimate of drug-likeness (QED) is 0.747. The van der Waals surface area contributed by atoms with Gasteiger partial charge in [0.1, 0.15) is 11.4 Å². The molecule has 0 bridgehead atoms. The molecule has 6 nitrogen and oxygen atoms in total. The van der Waals surface area contributed by atoms with Crippen LogP contribution in [0.1, 0.15) is 42.4 Å². The number of aliphatic hydroxyl groups is 1. The lowest BCUT2D eigenvalue weighted by molar-refractivity contribution is 0.0690. The lowest BCUT2D eigenvalue weighted by Gasteiger charge is -2.17. The number of carboxylic acid groups (broad SMARTS) is 1. The first-order valence-electron chi connectivity index (χ1n) is 7.97. The third-order valence-corrected chi connectivity index (χ3v) is 3.64. The number of aromatic nitrogens is 1. The van der Waals surface area contributed by atoms with Crippen LogP contribution in [0.25, 0.3) is 11.1 Å². The Hall–Kier alpha value is -2.15. The molecule has 0 spiro atoms. The number of halogens is 1. The predicted octanol–water partition coefficient (Wildman–Crippen LogP) is 3.65. The molecule has 2 rings (SSSR count). The first-order chi connectivity index (χ1) is 12.0. The number of aromatic carboxylic acids is 1. The summed E-state index contributed by atoms with van der Waals surface area (Å²) in [6.07, 6.45) is 1.49. The number of nitrogens with zero attached hydrogens (tertiary/aromatic N) is 1. The summed E-state index contributed by atoms with van der Waals surface area (Å²) in [6, 6.07) is 4.90. The number of hydrogen-bond donors (Lipinski definition) is 3. The van der Waals surface area contributed by atoms with Crippen LogP contribution in [0.5, 0.6) is 5.75 Å². The van der Waals surface area contributed by atoms with Gasteiger partial charge in [0, 0.05) is 34.5 Å². The molecule has 0 unspecified atom stereocenters. The molecular formula is C19H25ClN2O4. The summed E-state index contributed by atoms with van der Waals surface area (Å²) in [5.74, 6) is -0.441. The predicted molar refractivity (Wildman–Crippen MR) is 103 cm³/mol. The number of pyridine rings is 1. The Balaban J connectivity index is 0.000000597. The van der Waals surface area contributed by atoms with Gasteiger partial charge in [0.2, 0.25) is 0 Å². The molecule has 1 aromatic heterocycles. The minimum Gasteiger partial charge on any atom is -0.496 e. The van der Waals surface area contributed by atoms with E-state index >= 15 is 0 Å². The van der Waals surface area contributed by atoms with Gasteiger partial charge >= 0.3 is 5.97 Å². The van der Waals surface area contributed by atoms with Gasteiger partial charge in [0.15, 0.2) is 0 Å². The van der Waals surface area contributed by atoms with Gasteiger partial charge in [-0.15, -0.1) is 0 Å². The van der Waals surface area contributed by atoms with Crippen LogP contribution in [-0.2, 0) is 6.54 Å². The van der Waals surface area contributed by atoms with Gasteiger partial charge < -0.3 is 20.7 Å². The molecule has 1 aromatic carbocycles. The van der Waals surface area contributed by atoms with Crippen molar-refractivity contribution in [1.29, 1.82) is 0 Å². The normalized spacial score (nSPS) is 10.8. The largest absolute Gasteiger partial charge is 0.496 e. The summed E-state index contributed by atoms with van der Waals surface area (Å²) in [7, 11) is 1.56. The molecular weight excluding hydrogens is 356 g/mol. The summed E-state index contributed by atoms with van der Waals surface area (Å²) in [4.78, 5) is 14.8. The van der Waals surface area contributed by atoms with Gasteiger partial charge in [0.25, 0.3) is 0 Å². The van der Waals surface area contributed by atoms with Crippen LogP contribution >= 0.6 is 11.6 Å². The molecule has 0 aliphatic heterocycles. The Labute approximate surface area is 158 Å². The highest BCUT2D eigenvalue weighted by Crippen LogP contribution is 2.39. The molecule has 26 heavy (non-hydrogen) atoms. The van der Waals surface area contributed by atoms with Gasteiger partial charge in [-0.25, -0.2) is 9.78 Å². The van der Waals surface area contributed by atoms with Crippen LogP contribution in [0, 0.1) is 6.92 Å². The zero-order valence-corrected chi connectivity index (χ0v) is 16.4. The highest BCUT2D eigenvalue weighted by molar-refractivity contribution is 6.32. The van der Waals surface area contributed by atoms with E-state index in [9.17, 15) is 4.79 Å². The Morgan fingerprint density at radius 2 is 1.92 bits per heavy atom. The summed E-state index contributed by atoms with van der Waals surface area (Å²) in [5, 5.41) is 18.0. The van der Waals surface area contributed by atoms with Gasteiger partial charge in [-0.2, -0.15) is 0 Å². The highest BCUT2D eigenvalue weighted by Gasteiger charge is 2.17. The van der Waals surface area contributed by atoms with Crippen molar-refractivity contribution in [2.45, 2.75) is 39.8 Å². The van der Waals surface area contributed by atoms with Gasteiger partial charge in [-0.1, -0.05) is 17.7 Å². The molecule has 0 aliphatic rings. The second-order valence-corrected chi connectivity index (χ2v) is 7.07. The van der Waals surface area contributed by atoms with E-state index in [4.69, 9.17) is 32.3 Å². The molecule has 7 heteroatoms. The Morgan fingerprint density at radius 1 is 1.35 bits per heavy atom. The van der Waals surface area contributed by atoms with E-state index in [1.54, 1.807) is 40.0 Å². The van der Waals surface area contributed by atoms with Crippen molar-refractivity contribution >= 4 is 17.6 Å². The van der Waals surface area contributed by atoms with Gasteiger partial charge in [0.05, 0.1) is 12.7 Å². The topological polar surface area (TPSA) is 106 Å². The van der Waals surface area contributed by atoms with Crippen LogP contribution < -0.4 is 10.5 Å². The second kappa shape index (κ2) is 8.98. The SMILES string of the molecule is CC(C)(C)O.COc1c(CN)cc(Cl)c(C)c1-c1ccc(C(=O)O)nc1. The number of methoxy groups -OCH3 is 1. The van der Waals surface area contributed by atoms with Crippen molar-refractivity contribution in [3.63, 3.8) is 0 Å². The smallest absolute Gasteiger partial charge is 0.354 e. The van der Waals surface area contributed by atoms with Crippen LogP contribution in [0.4, 0.5) is 0 Å². The fraction of sp³-hybridized carbons (Fsp3) is 0.368. The first-order valence-corrected chi connectivity index (χ1v) is 8.35. The maximum absolute atomic E-state index is 10.9. The lowest BCUT2D eigenvalue weighted by atomic mass is 9.97. The van der Waals surface area contributed by atoms with E-state index in [1.807, 2.05) is 6.92 Å².